The Morgan fingerprint density at radius 3 is 2.54 bits per heavy atom. The SMILES string of the molecule is OB(O)c1cc(C2CCCC2)cs1. The van der Waals surface area contributed by atoms with Crippen LogP contribution in [0.25, 0.3) is 0 Å². The first-order chi connectivity index (χ1) is 6.27. The highest BCUT2D eigenvalue weighted by atomic mass is 32.1. The summed E-state index contributed by atoms with van der Waals surface area (Å²) in [5.41, 5.74) is 1.30. The first-order valence-corrected chi connectivity index (χ1v) is 5.60. The van der Waals surface area contributed by atoms with Crippen molar-refractivity contribution >= 4 is 23.2 Å². The smallest absolute Gasteiger partial charge is 0.423 e. The topological polar surface area (TPSA) is 40.5 Å². The fraction of sp³-hybridized carbons (Fsp3) is 0.556. The van der Waals surface area contributed by atoms with Crippen molar-refractivity contribution in [2.24, 2.45) is 0 Å². The molecule has 0 aliphatic heterocycles. The summed E-state index contributed by atoms with van der Waals surface area (Å²) in [7, 11) is -1.29. The maximum Gasteiger partial charge on any atom is 0.499 e. The summed E-state index contributed by atoms with van der Waals surface area (Å²) in [4.78, 5) is 0. The molecule has 2 nitrogen and oxygen atoms in total. The Kier molecular flexibility index (Phi) is 2.72. The fourth-order valence-electron chi connectivity index (χ4n) is 1.98. The van der Waals surface area contributed by atoms with E-state index in [9.17, 15) is 0 Å². The number of hydrogen-bond acceptors (Lipinski definition) is 3. The minimum Gasteiger partial charge on any atom is -0.423 e. The molecule has 4 heteroatoms. The van der Waals surface area contributed by atoms with Crippen LogP contribution in [0.1, 0.15) is 37.2 Å². The highest BCUT2D eigenvalue weighted by molar-refractivity contribution is 7.20. The maximum atomic E-state index is 8.95. The van der Waals surface area contributed by atoms with Crippen molar-refractivity contribution in [3.63, 3.8) is 0 Å². The zero-order chi connectivity index (χ0) is 9.26. The van der Waals surface area contributed by atoms with Crippen molar-refractivity contribution in [2.45, 2.75) is 31.6 Å². The first kappa shape index (κ1) is 9.25. The van der Waals surface area contributed by atoms with Gasteiger partial charge in [0.1, 0.15) is 0 Å². The van der Waals surface area contributed by atoms with Gasteiger partial charge in [0.25, 0.3) is 0 Å². The summed E-state index contributed by atoms with van der Waals surface area (Å²) in [5, 5.41) is 20.0. The van der Waals surface area contributed by atoms with Crippen molar-refractivity contribution < 1.29 is 10.0 Å². The number of hydrogen-bond donors (Lipinski definition) is 2. The molecule has 0 spiro atoms. The van der Waals surface area contributed by atoms with Gasteiger partial charge in [0.15, 0.2) is 0 Å². The fourth-order valence-corrected chi connectivity index (χ4v) is 2.84. The van der Waals surface area contributed by atoms with E-state index in [0.29, 0.717) is 10.7 Å². The summed E-state index contributed by atoms with van der Waals surface area (Å²) in [6, 6.07) is 1.94. The average molecular weight is 196 g/mol. The van der Waals surface area contributed by atoms with Crippen molar-refractivity contribution in [1.29, 1.82) is 0 Å². The molecule has 0 radical (unpaired) electrons. The summed E-state index contributed by atoms with van der Waals surface area (Å²) in [6.07, 6.45) is 5.16. The van der Waals surface area contributed by atoms with E-state index in [1.165, 1.54) is 42.6 Å². The molecule has 0 aromatic carbocycles. The van der Waals surface area contributed by atoms with E-state index in [0.717, 1.165) is 0 Å². The molecule has 1 saturated carbocycles. The summed E-state index contributed by atoms with van der Waals surface area (Å²) in [6.45, 7) is 0. The van der Waals surface area contributed by atoms with Gasteiger partial charge in [0, 0.05) is 4.78 Å². The van der Waals surface area contributed by atoms with Crippen LogP contribution in [0.4, 0.5) is 0 Å². The van der Waals surface area contributed by atoms with E-state index in [1.54, 1.807) is 0 Å². The van der Waals surface area contributed by atoms with E-state index >= 15 is 0 Å². The van der Waals surface area contributed by atoms with Crippen molar-refractivity contribution in [3.05, 3.63) is 17.0 Å². The molecule has 1 aromatic heterocycles. The molecular weight excluding hydrogens is 183 g/mol. The third-order valence-corrected chi connectivity index (χ3v) is 3.71. The molecule has 13 heavy (non-hydrogen) atoms. The second kappa shape index (κ2) is 3.82. The Labute approximate surface area is 82.4 Å². The van der Waals surface area contributed by atoms with Gasteiger partial charge in [-0.1, -0.05) is 12.8 Å². The third-order valence-electron chi connectivity index (χ3n) is 2.72. The second-order valence-electron chi connectivity index (χ2n) is 3.64. The minimum atomic E-state index is -1.29. The highest BCUT2D eigenvalue weighted by Crippen LogP contribution is 2.34. The van der Waals surface area contributed by atoms with Gasteiger partial charge in [-0.15, -0.1) is 0 Å². The van der Waals surface area contributed by atoms with E-state index < -0.39 is 7.12 Å². The highest BCUT2D eigenvalue weighted by Gasteiger charge is 2.20. The molecule has 0 amide bonds. The molecule has 0 atom stereocenters. The van der Waals surface area contributed by atoms with Gasteiger partial charge in [-0.2, -0.15) is 11.3 Å². The molecular formula is C9H13BO2S. The molecule has 2 rings (SSSR count). The van der Waals surface area contributed by atoms with Crippen LogP contribution in [0.5, 0.6) is 0 Å². The normalized spacial score (nSPS) is 18.0. The molecule has 1 fully saturated rings. The lowest BCUT2D eigenvalue weighted by Gasteiger charge is -2.04. The molecule has 1 aliphatic carbocycles. The van der Waals surface area contributed by atoms with Crippen LogP contribution in [0, 0.1) is 0 Å². The molecule has 1 aliphatic rings. The minimum absolute atomic E-state index is 0.668. The van der Waals surface area contributed by atoms with Crippen LogP contribution < -0.4 is 4.78 Å². The summed E-state index contributed by atoms with van der Waals surface area (Å²) >= 11 is 1.44. The predicted octanol–water partition coefficient (Wildman–Crippen LogP) is 1.09. The van der Waals surface area contributed by atoms with Crippen LogP contribution >= 0.6 is 11.3 Å². The molecule has 0 saturated heterocycles. The molecule has 1 aromatic rings. The maximum absolute atomic E-state index is 8.95. The molecule has 2 N–H and O–H groups in total. The zero-order valence-electron chi connectivity index (χ0n) is 7.44. The van der Waals surface area contributed by atoms with Crippen molar-refractivity contribution in [2.75, 3.05) is 0 Å². The van der Waals surface area contributed by atoms with Gasteiger partial charge >= 0.3 is 7.12 Å². The molecule has 70 valence electrons. The lowest BCUT2D eigenvalue weighted by atomic mass is 9.87. The predicted molar refractivity (Wildman–Crippen MR) is 55.4 cm³/mol. The Morgan fingerprint density at radius 2 is 2.00 bits per heavy atom. The van der Waals surface area contributed by atoms with Crippen LogP contribution in [-0.2, 0) is 0 Å². The van der Waals surface area contributed by atoms with E-state index in [2.05, 4.69) is 5.38 Å². The lowest BCUT2D eigenvalue weighted by Crippen LogP contribution is -2.26. The van der Waals surface area contributed by atoms with Crippen LogP contribution in [0.15, 0.2) is 11.4 Å². The zero-order valence-corrected chi connectivity index (χ0v) is 8.26. The van der Waals surface area contributed by atoms with Crippen molar-refractivity contribution in [3.8, 4) is 0 Å². The summed E-state index contributed by atoms with van der Waals surface area (Å²) < 4.78 is 0.668. The molecule has 0 bridgehead atoms. The summed E-state index contributed by atoms with van der Waals surface area (Å²) in [5.74, 6) is 0.670. The van der Waals surface area contributed by atoms with Crippen molar-refractivity contribution in [1.82, 2.24) is 0 Å². The molecule has 1 heterocycles. The van der Waals surface area contributed by atoms with Gasteiger partial charge in [0.2, 0.25) is 0 Å². The van der Waals surface area contributed by atoms with Gasteiger partial charge in [-0.25, -0.2) is 0 Å². The standard InChI is InChI=1S/C9H13BO2S/c11-10(12)9-5-8(6-13-9)7-3-1-2-4-7/h5-7,11-12H,1-4H2. The lowest BCUT2D eigenvalue weighted by molar-refractivity contribution is 0.427. The molecule has 0 unspecified atom stereocenters. The second-order valence-corrected chi connectivity index (χ2v) is 4.58. The first-order valence-electron chi connectivity index (χ1n) is 4.72. The number of thiophene rings is 1. The van der Waals surface area contributed by atoms with Gasteiger partial charge in [-0.3, -0.25) is 0 Å². The quantitative estimate of drug-likeness (QED) is 0.695. The van der Waals surface area contributed by atoms with Gasteiger partial charge in [-0.05, 0) is 35.8 Å². The van der Waals surface area contributed by atoms with Gasteiger partial charge < -0.3 is 10.0 Å². The van der Waals surface area contributed by atoms with E-state index in [-0.39, 0.29) is 0 Å². The van der Waals surface area contributed by atoms with Crippen LogP contribution in [-0.4, -0.2) is 17.2 Å². The Bertz CT molecular complexity index is 279. The van der Waals surface area contributed by atoms with E-state index in [1.807, 2.05) is 6.07 Å². The largest absolute Gasteiger partial charge is 0.499 e. The van der Waals surface area contributed by atoms with Gasteiger partial charge in [0.05, 0.1) is 0 Å². The average Bonchev–Trinajstić information content (AvgIpc) is 2.75. The van der Waals surface area contributed by atoms with E-state index in [4.69, 9.17) is 10.0 Å². The van der Waals surface area contributed by atoms with Crippen LogP contribution in [0.3, 0.4) is 0 Å². The van der Waals surface area contributed by atoms with Crippen LogP contribution in [0.2, 0.25) is 0 Å². The monoisotopic (exact) mass is 196 g/mol. The Hall–Kier alpha value is -0.315. The number of rotatable bonds is 2. The third kappa shape index (κ3) is 1.95. The Balaban J connectivity index is 2.12. The Morgan fingerprint density at radius 1 is 1.31 bits per heavy atom.